The molecule has 3 fully saturated rings. The normalized spacial score (nSPS) is 43.1. The molecule has 4 atom stereocenters. The molecule has 2 N–H and O–H groups in total. The van der Waals surface area contributed by atoms with Gasteiger partial charge < -0.3 is 5.73 Å². The molecule has 0 aliphatic heterocycles. The molecule has 2 bridgehead atoms. The van der Waals surface area contributed by atoms with Crippen molar-refractivity contribution in [2.24, 2.45) is 29.4 Å². The van der Waals surface area contributed by atoms with Crippen molar-refractivity contribution in [2.45, 2.75) is 57.4 Å². The zero-order chi connectivity index (χ0) is 11.1. The summed E-state index contributed by atoms with van der Waals surface area (Å²) in [5.41, 5.74) is 6.22. The van der Waals surface area contributed by atoms with E-state index in [1.165, 1.54) is 44.9 Å². The Balaban J connectivity index is 1.61. The number of hydrogen-bond donors (Lipinski definition) is 1. The van der Waals surface area contributed by atoms with E-state index in [-0.39, 0.29) is 12.0 Å². The Morgan fingerprint density at radius 1 is 1.06 bits per heavy atom. The maximum absolute atomic E-state index is 12.3. The first-order chi connectivity index (χ1) is 7.75. The van der Waals surface area contributed by atoms with Crippen LogP contribution in [0.2, 0.25) is 0 Å². The van der Waals surface area contributed by atoms with Gasteiger partial charge in [-0.2, -0.15) is 0 Å². The molecule has 0 amide bonds. The largest absolute Gasteiger partial charge is 0.327 e. The maximum atomic E-state index is 12.3. The fourth-order valence-electron chi connectivity index (χ4n) is 4.45. The summed E-state index contributed by atoms with van der Waals surface area (Å²) < 4.78 is 0. The van der Waals surface area contributed by atoms with Crippen LogP contribution in [0.4, 0.5) is 0 Å². The second-order valence-electron chi connectivity index (χ2n) is 6.26. The summed E-state index contributed by atoms with van der Waals surface area (Å²) in [5, 5.41) is 0. The molecular weight excluding hydrogens is 198 g/mol. The number of rotatable bonds is 3. The van der Waals surface area contributed by atoms with Gasteiger partial charge in [-0.25, -0.2) is 0 Å². The third-order valence-corrected chi connectivity index (χ3v) is 5.32. The Hall–Kier alpha value is -0.370. The summed E-state index contributed by atoms with van der Waals surface area (Å²) in [7, 11) is 0. The monoisotopic (exact) mass is 221 g/mol. The number of fused-ring (bicyclic) bond motifs is 2. The van der Waals surface area contributed by atoms with Crippen LogP contribution in [0.5, 0.6) is 0 Å². The lowest BCUT2D eigenvalue weighted by molar-refractivity contribution is -0.125. The van der Waals surface area contributed by atoms with Crippen LogP contribution in [-0.2, 0) is 4.79 Å². The first-order valence-corrected chi connectivity index (χ1v) is 7.04. The molecule has 0 aromatic rings. The molecule has 4 unspecified atom stereocenters. The van der Waals surface area contributed by atoms with Crippen molar-refractivity contribution in [3.05, 3.63) is 0 Å². The van der Waals surface area contributed by atoms with Gasteiger partial charge in [-0.1, -0.05) is 25.7 Å². The molecule has 2 heteroatoms. The molecule has 0 aromatic heterocycles. The average Bonchev–Trinajstić information content (AvgIpc) is 2.92. The predicted octanol–water partition coefficient (Wildman–Crippen LogP) is 2.51. The van der Waals surface area contributed by atoms with Crippen molar-refractivity contribution in [2.75, 3.05) is 0 Å². The molecule has 0 aromatic carbocycles. The molecule has 16 heavy (non-hydrogen) atoms. The van der Waals surface area contributed by atoms with E-state index in [4.69, 9.17) is 5.73 Å². The summed E-state index contributed by atoms with van der Waals surface area (Å²) in [6.45, 7) is 0. The van der Waals surface area contributed by atoms with E-state index in [2.05, 4.69) is 0 Å². The highest BCUT2D eigenvalue weighted by atomic mass is 16.1. The van der Waals surface area contributed by atoms with E-state index in [9.17, 15) is 4.79 Å². The van der Waals surface area contributed by atoms with Gasteiger partial charge in [-0.15, -0.1) is 0 Å². The van der Waals surface area contributed by atoms with E-state index < -0.39 is 0 Å². The van der Waals surface area contributed by atoms with Gasteiger partial charge in [-0.05, 0) is 37.0 Å². The molecule has 0 saturated heterocycles. The third kappa shape index (κ3) is 1.71. The molecule has 3 aliphatic carbocycles. The minimum absolute atomic E-state index is 0.202. The van der Waals surface area contributed by atoms with Gasteiger partial charge in [0.05, 0.1) is 0 Å². The number of nitrogens with two attached hydrogens (primary N) is 1. The molecule has 3 rings (SSSR count). The molecule has 0 radical (unpaired) electrons. The Morgan fingerprint density at radius 3 is 2.38 bits per heavy atom. The van der Waals surface area contributed by atoms with Crippen molar-refractivity contribution in [1.82, 2.24) is 0 Å². The fraction of sp³-hybridized carbons (Fsp3) is 0.929. The number of ketones is 1. The molecule has 0 heterocycles. The Morgan fingerprint density at radius 2 is 1.75 bits per heavy atom. The van der Waals surface area contributed by atoms with Crippen LogP contribution in [-0.4, -0.2) is 11.8 Å². The van der Waals surface area contributed by atoms with E-state index in [1.54, 1.807) is 0 Å². The summed E-state index contributed by atoms with van der Waals surface area (Å²) in [5.74, 6) is 2.75. The van der Waals surface area contributed by atoms with E-state index in [0.29, 0.717) is 23.5 Å². The van der Waals surface area contributed by atoms with E-state index in [0.717, 1.165) is 6.42 Å². The summed E-state index contributed by atoms with van der Waals surface area (Å²) in [6.07, 6.45) is 9.84. The third-order valence-electron chi connectivity index (χ3n) is 5.32. The zero-order valence-electron chi connectivity index (χ0n) is 10.0. The topological polar surface area (TPSA) is 43.1 Å². The lowest BCUT2D eigenvalue weighted by atomic mass is 9.79. The smallest absolute Gasteiger partial charge is 0.138 e. The van der Waals surface area contributed by atoms with Crippen molar-refractivity contribution in [3.8, 4) is 0 Å². The minimum atomic E-state index is 0.202. The average molecular weight is 221 g/mol. The lowest BCUT2D eigenvalue weighted by Crippen LogP contribution is -2.40. The van der Waals surface area contributed by atoms with Crippen LogP contribution in [0, 0.1) is 23.7 Å². The van der Waals surface area contributed by atoms with Crippen LogP contribution in [0.15, 0.2) is 0 Å². The molecule has 2 nitrogen and oxygen atoms in total. The molecule has 3 aliphatic rings. The van der Waals surface area contributed by atoms with Crippen LogP contribution in [0.3, 0.4) is 0 Å². The summed E-state index contributed by atoms with van der Waals surface area (Å²) in [4.78, 5) is 12.3. The second-order valence-corrected chi connectivity index (χ2v) is 6.26. The van der Waals surface area contributed by atoms with Gasteiger partial charge in [0.2, 0.25) is 0 Å². The summed E-state index contributed by atoms with van der Waals surface area (Å²) in [6, 6.07) is 0.202. The Labute approximate surface area is 98.0 Å². The van der Waals surface area contributed by atoms with Gasteiger partial charge >= 0.3 is 0 Å². The van der Waals surface area contributed by atoms with E-state index in [1.807, 2.05) is 0 Å². The van der Waals surface area contributed by atoms with Gasteiger partial charge in [0.25, 0.3) is 0 Å². The molecule has 0 spiro atoms. The number of Topliss-reactive ketones (excluding diaryl/α,β-unsaturated/α-hetero) is 1. The SMILES string of the molecule is NC1C2CCC(C2)C1C(=O)CC1CCCC1. The van der Waals surface area contributed by atoms with Gasteiger partial charge in [0.1, 0.15) is 5.78 Å². The van der Waals surface area contributed by atoms with Crippen LogP contribution >= 0.6 is 0 Å². The van der Waals surface area contributed by atoms with Crippen molar-refractivity contribution in [1.29, 1.82) is 0 Å². The van der Waals surface area contributed by atoms with Gasteiger partial charge in [-0.3, -0.25) is 4.79 Å². The molecular formula is C14H23NO. The van der Waals surface area contributed by atoms with Crippen molar-refractivity contribution >= 4 is 5.78 Å². The molecule has 3 saturated carbocycles. The van der Waals surface area contributed by atoms with Crippen molar-refractivity contribution < 1.29 is 4.79 Å². The lowest BCUT2D eigenvalue weighted by Gasteiger charge is -2.27. The highest BCUT2D eigenvalue weighted by molar-refractivity contribution is 5.83. The fourth-order valence-corrected chi connectivity index (χ4v) is 4.45. The van der Waals surface area contributed by atoms with E-state index >= 15 is 0 Å². The van der Waals surface area contributed by atoms with Crippen LogP contribution in [0.1, 0.15) is 51.4 Å². The van der Waals surface area contributed by atoms with Gasteiger partial charge in [0.15, 0.2) is 0 Å². The van der Waals surface area contributed by atoms with Crippen LogP contribution in [0.25, 0.3) is 0 Å². The highest BCUT2D eigenvalue weighted by Gasteiger charge is 2.48. The van der Waals surface area contributed by atoms with Crippen LogP contribution < -0.4 is 5.73 Å². The minimum Gasteiger partial charge on any atom is -0.327 e. The number of carbonyl (C=O) groups is 1. The predicted molar refractivity (Wildman–Crippen MR) is 63.9 cm³/mol. The van der Waals surface area contributed by atoms with Gasteiger partial charge in [0, 0.05) is 18.4 Å². The maximum Gasteiger partial charge on any atom is 0.138 e. The Bertz CT molecular complexity index is 280. The quantitative estimate of drug-likeness (QED) is 0.795. The second kappa shape index (κ2) is 4.14. The van der Waals surface area contributed by atoms with Crippen molar-refractivity contribution in [3.63, 3.8) is 0 Å². The summed E-state index contributed by atoms with van der Waals surface area (Å²) >= 11 is 0. The zero-order valence-corrected chi connectivity index (χ0v) is 10.0. The first-order valence-electron chi connectivity index (χ1n) is 7.04. The Kier molecular flexibility index (Phi) is 2.78. The number of carbonyl (C=O) groups excluding carboxylic acids is 1. The highest BCUT2D eigenvalue weighted by Crippen LogP contribution is 2.48. The molecule has 90 valence electrons. The number of hydrogen-bond acceptors (Lipinski definition) is 2. The standard InChI is InChI=1S/C14H23NO/c15-14-11-6-5-10(8-11)13(14)12(16)7-9-3-1-2-4-9/h9-11,13-14H,1-8,15H2. The first kappa shape index (κ1) is 10.8.